The minimum atomic E-state index is -0.655. The highest BCUT2D eigenvalue weighted by Crippen LogP contribution is 2.16. The van der Waals surface area contributed by atoms with Crippen LogP contribution in [-0.4, -0.2) is 27.7 Å². The van der Waals surface area contributed by atoms with Gasteiger partial charge in [0.2, 0.25) is 11.8 Å². The van der Waals surface area contributed by atoms with Crippen molar-refractivity contribution in [1.82, 2.24) is 15.2 Å². The summed E-state index contributed by atoms with van der Waals surface area (Å²) < 4.78 is 0. The summed E-state index contributed by atoms with van der Waals surface area (Å²) in [7, 11) is 0. The summed E-state index contributed by atoms with van der Waals surface area (Å²) in [5.74, 6) is -0.376. The van der Waals surface area contributed by atoms with E-state index in [2.05, 4.69) is 10.3 Å². The molecular weight excluding hydrogens is 433 g/mol. The van der Waals surface area contributed by atoms with Gasteiger partial charge in [0.05, 0.1) is 6.42 Å². The SMILES string of the molecule is C[C@@H](C(=O)NCc1ccncc1)N(Cc1ccc(Cl)cc1)C(=O)Cc1ccc(Cl)cc1. The fourth-order valence-electron chi connectivity index (χ4n) is 3.09. The van der Waals surface area contributed by atoms with Crippen LogP contribution in [0, 0.1) is 0 Å². The van der Waals surface area contributed by atoms with E-state index in [0.29, 0.717) is 23.1 Å². The number of carbonyl (C=O) groups excluding carboxylic acids is 2. The van der Waals surface area contributed by atoms with Gasteiger partial charge in [0.1, 0.15) is 6.04 Å². The van der Waals surface area contributed by atoms with Crippen LogP contribution in [0.15, 0.2) is 73.1 Å². The number of carbonyl (C=O) groups is 2. The molecule has 2 amide bonds. The Morgan fingerprint density at radius 2 is 1.42 bits per heavy atom. The van der Waals surface area contributed by atoms with E-state index in [9.17, 15) is 9.59 Å². The van der Waals surface area contributed by atoms with E-state index in [0.717, 1.165) is 16.7 Å². The Kier molecular flexibility index (Phi) is 8.04. The standard InChI is InChI=1S/C24H23Cl2N3O2/c1-17(24(31)28-15-19-10-12-27-13-11-19)29(16-20-4-8-22(26)9-5-20)23(30)14-18-2-6-21(25)7-3-18/h2-13,17H,14-16H2,1H3,(H,28,31)/t17-/m0/s1. The molecule has 2 aromatic carbocycles. The zero-order valence-electron chi connectivity index (χ0n) is 17.1. The maximum absolute atomic E-state index is 13.2. The number of nitrogens with zero attached hydrogens (tertiary/aromatic N) is 2. The number of pyridine rings is 1. The van der Waals surface area contributed by atoms with E-state index in [1.165, 1.54) is 0 Å². The molecule has 5 nitrogen and oxygen atoms in total. The molecule has 0 spiro atoms. The third kappa shape index (κ3) is 6.81. The van der Waals surface area contributed by atoms with Gasteiger partial charge in [-0.2, -0.15) is 0 Å². The Morgan fingerprint density at radius 1 is 0.871 bits per heavy atom. The van der Waals surface area contributed by atoms with E-state index in [1.807, 2.05) is 36.4 Å². The highest BCUT2D eigenvalue weighted by molar-refractivity contribution is 6.30. The van der Waals surface area contributed by atoms with Crippen molar-refractivity contribution in [2.75, 3.05) is 0 Å². The number of nitrogens with one attached hydrogen (secondary N) is 1. The van der Waals surface area contributed by atoms with Crippen LogP contribution in [0.1, 0.15) is 23.6 Å². The summed E-state index contributed by atoms with van der Waals surface area (Å²) in [6, 6.07) is 17.4. The molecule has 0 saturated carbocycles. The molecule has 3 aromatic rings. The molecule has 1 aromatic heterocycles. The molecule has 0 aliphatic carbocycles. The van der Waals surface area contributed by atoms with Gasteiger partial charge in [0, 0.05) is 35.5 Å². The van der Waals surface area contributed by atoms with E-state index >= 15 is 0 Å². The summed E-state index contributed by atoms with van der Waals surface area (Å²) in [6.45, 7) is 2.40. The molecular formula is C24H23Cl2N3O2. The van der Waals surface area contributed by atoms with Crippen molar-refractivity contribution >= 4 is 35.0 Å². The summed E-state index contributed by atoms with van der Waals surface area (Å²) in [5.41, 5.74) is 2.66. The molecule has 7 heteroatoms. The highest BCUT2D eigenvalue weighted by Gasteiger charge is 2.26. The van der Waals surface area contributed by atoms with E-state index in [4.69, 9.17) is 23.2 Å². The topological polar surface area (TPSA) is 62.3 Å². The van der Waals surface area contributed by atoms with Gasteiger partial charge < -0.3 is 10.2 Å². The Morgan fingerprint density at radius 3 is 2.00 bits per heavy atom. The predicted octanol–water partition coefficient (Wildman–Crippen LogP) is 4.66. The minimum absolute atomic E-state index is 0.149. The quantitative estimate of drug-likeness (QED) is 0.536. The molecule has 0 saturated heterocycles. The molecule has 1 N–H and O–H groups in total. The first-order valence-electron chi connectivity index (χ1n) is 9.87. The average Bonchev–Trinajstić information content (AvgIpc) is 2.78. The van der Waals surface area contributed by atoms with Gasteiger partial charge >= 0.3 is 0 Å². The van der Waals surface area contributed by atoms with Crippen LogP contribution >= 0.6 is 23.2 Å². The second-order valence-electron chi connectivity index (χ2n) is 7.20. The summed E-state index contributed by atoms with van der Waals surface area (Å²) >= 11 is 11.9. The molecule has 1 heterocycles. The number of benzene rings is 2. The molecule has 0 aliphatic rings. The first-order chi connectivity index (χ1) is 14.9. The number of hydrogen-bond donors (Lipinski definition) is 1. The van der Waals surface area contributed by atoms with Crippen LogP contribution in [0.2, 0.25) is 10.0 Å². The second kappa shape index (κ2) is 10.9. The van der Waals surface area contributed by atoms with Crippen LogP contribution in [0.3, 0.4) is 0 Å². The van der Waals surface area contributed by atoms with Gasteiger partial charge in [-0.25, -0.2) is 0 Å². The van der Waals surface area contributed by atoms with Gasteiger partial charge in [-0.1, -0.05) is 47.5 Å². The van der Waals surface area contributed by atoms with Crippen LogP contribution in [0.5, 0.6) is 0 Å². The number of halogens is 2. The van der Waals surface area contributed by atoms with Crippen LogP contribution in [-0.2, 0) is 29.1 Å². The molecule has 0 aliphatic heterocycles. The first kappa shape index (κ1) is 22.8. The largest absolute Gasteiger partial charge is 0.350 e. The molecule has 0 bridgehead atoms. The van der Waals surface area contributed by atoms with Gasteiger partial charge in [-0.05, 0) is 60.0 Å². The van der Waals surface area contributed by atoms with Crippen molar-refractivity contribution in [2.24, 2.45) is 0 Å². The molecule has 3 rings (SSSR count). The van der Waals surface area contributed by atoms with Gasteiger partial charge in [0.25, 0.3) is 0 Å². The molecule has 1 atom stereocenters. The van der Waals surface area contributed by atoms with Crippen molar-refractivity contribution in [3.63, 3.8) is 0 Å². The number of hydrogen-bond acceptors (Lipinski definition) is 3. The Hall–Kier alpha value is -2.89. The molecule has 0 unspecified atom stereocenters. The molecule has 160 valence electrons. The molecule has 0 radical (unpaired) electrons. The van der Waals surface area contributed by atoms with Crippen molar-refractivity contribution in [1.29, 1.82) is 0 Å². The van der Waals surface area contributed by atoms with Crippen molar-refractivity contribution in [3.05, 3.63) is 99.8 Å². The van der Waals surface area contributed by atoms with Crippen LogP contribution in [0.25, 0.3) is 0 Å². The summed E-state index contributed by atoms with van der Waals surface area (Å²) in [5, 5.41) is 4.13. The zero-order valence-corrected chi connectivity index (χ0v) is 18.6. The fraction of sp³-hybridized carbons (Fsp3) is 0.208. The third-order valence-corrected chi connectivity index (χ3v) is 5.42. The lowest BCUT2D eigenvalue weighted by Crippen LogP contribution is -2.47. The number of rotatable bonds is 8. The molecule has 0 fully saturated rings. The Balaban J connectivity index is 1.74. The maximum atomic E-state index is 13.2. The Bertz CT molecular complexity index is 1010. The maximum Gasteiger partial charge on any atom is 0.242 e. The minimum Gasteiger partial charge on any atom is -0.350 e. The Labute approximate surface area is 192 Å². The lowest BCUT2D eigenvalue weighted by Gasteiger charge is -2.29. The lowest BCUT2D eigenvalue weighted by atomic mass is 10.1. The average molecular weight is 456 g/mol. The van der Waals surface area contributed by atoms with Gasteiger partial charge in [-0.3, -0.25) is 14.6 Å². The highest BCUT2D eigenvalue weighted by atomic mass is 35.5. The van der Waals surface area contributed by atoms with Gasteiger partial charge in [0.15, 0.2) is 0 Å². The monoisotopic (exact) mass is 455 g/mol. The van der Waals surface area contributed by atoms with E-state index in [1.54, 1.807) is 48.5 Å². The number of amides is 2. The zero-order chi connectivity index (χ0) is 22.2. The van der Waals surface area contributed by atoms with Crippen molar-refractivity contribution < 1.29 is 9.59 Å². The predicted molar refractivity (Wildman–Crippen MR) is 123 cm³/mol. The normalized spacial score (nSPS) is 11.6. The summed E-state index contributed by atoms with van der Waals surface area (Å²) in [4.78, 5) is 31.6. The third-order valence-electron chi connectivity index (χ3n) is 4.92. The van der Waals surface area contributed by atoms with Crippen molar-refractivity contribution in [2.45, 2.75) is 32.5 Å². The lowest BCUT2D eigenvalue weighted by molar-refractivity contribution is -0.140. The summed E-state index contributed by atoms with van der Waals surface area (Å²) in [6.07, 6.45) is 3.52. The smallest absolute Gasteiger partial charge is 0.242 e. The number of aromatic nitrogens is 1. The fourth-order valence-corrected chi connectivity index (χ4v) is 3.34. The second-order valence-corrected chi connectivity index (χ2v) is 8.07. The molecule has 31 heavy (non-hydrogen) atoms. The van der Waals surface area contributed by atoms with E-state index in [-0.39, 0.29) is 18.2 Å². The van der Waals surface area contributed by atoms with Crippen LogP contribution in [0.4, 0.5) is 0 Å². The van der Waals surface area contributed by atoms with Crippen molar-refractivity contribution in [3.8, 4) is 0 Å². The van der Waals surface area contributed by atoms with Crippen LogP contribution < -0.4 is 5.32 Å². The van der Waals surface area contributed by atoms with Gasteiger partial charge in [-0.15, -0.1) is 0 Å². The first-order valence-corrected chi connectivity index (χ1v) is 10.6. The van der Waals surface area contributed by atoms with E-state index < -0.39 is 6.04 Å².